The zero-order chi connectivity index (χ0) is 17.0. The predicted molar refractivity (Wildman–Crippen MR) is 95.5 cm³/mol. The fourth-order valence-electron chi connectivity index (χ4n) is 1.67. The molecular formula is C13H14I2N2O5. The van der Waals surface area contributed by atoms with Crippen molar-refractivity contribution in [2.75, 3.05) is 0 Å². The highest BCUT2D eigenvalue weighted by Crippen LogP contribution is 2.27. The fourth-order valence-corrected chi connectivity index (χ4v) is 3.57. The van der Waals surface area contributed by atoms with E-state index in [1.54, 1.807) is 12.1 Å². The van der Waals surface area contributed by atoms with E-state index >= 15 is 0 Å². The van der Waals surface area contributed by atoms with Crippen molar-refractivity contribution in [1.29, 1.82) is 0 Å². The maximum absolute atomic E-state index is 11.9. The normalized spacial score (nSPS) is 13.3. The minimum Gasteiger partial charge on any atom is -0.506 e. The Balaban J connectivity index is 2.80. The lowest BCUT2D eigenvalue weighted by Gasteiger charge is -2.16. The highest BCUT2D eigenvalue weighted by molar-refractivity contribution is 14.1. The number of benzene rings is 1. The lowest BCUT2D eigenvalue weighted by molar-refractivity contribution is -0.145. The number of carbonyl (C=O) groups is 3. The van der Waals surface area contributed by atoms with Crippen molar-refractivity contribution < 1.29 is 24.6 Å². The van der Waals surface area contributed by atoms with Crippen LogP contribution in [0.1, 0.15) is 12.5 Å². The monoisotopic (exact) mass is 532 g/mol. The van der Waals surface area contributed by atoms with Crippen molar-refractivity contribution in [1.82, 2.24) is 5.32 Å². The largest absolute Gasteiger partial charge is 0.506 e. The van der Waals surface area contributed by atoms with Gasteiger partial charge >= 0.3 is 5.97 Å². The van der Waals surface area contributed by atoms with Crippen LogP contribution in [0.25, 0.3) is 0 Å². The molecule has 5 N–H and O–H groups in total. The third kappa shape index (κ3) is 5.05. The van der Waals surface area contributed by atoms with E-state index in [0.29, 0.717) is 7.14 Å². The first-order valence-corrected chi connectivity index (χ1v) is 8.25. The average Bonchev–Trinajstić information content (AvgIpc) is 2.40. The third-order valence-electron chi connectivity index (χ3n) is 2.81. The second kappa shape index (κ2) is 8.06. The summed E-state index contributed by atoms with van der Waals surface area (Å²) >= 11 is 3.92. The molecule has 0 aliphatic heterocycles. The number of phenolic OH excluding ortho intramolecular Hbond substituents is 1. The van der Waals surface area contributed by atoms with Crippen molar-refractivity contribution in [3.05, 3.63) is 24.8 Å². The number of rotatable bonds is 6. The molecule has 0 saturated heterocycles. The number of carbonyl (C=O) groups excluding carboxylic acids is 2. The first kappa shape index (κ1) is 19.1. The summed E-state index contributed by atoms with van der Waals surface area (Å²) in [5.41, 5.74) is 6.48. The molecular weight excluding hydrogens is 518 g/mol. The van der Waals surface area contributed by atoms with Gasteiger partial charge in [-0.2, -0.15) is 0 Å². The molecule has 22 heavy (non-hydrogen) atoms. The van der Waals surface area contributed by atoms with E-state index < -0.39 is 29.7 Å². The smallest absolute Gasteiger partial charge is 0.334 e. The molecule has 0 aliphatic rings. The van der Waals surface area contributed by atoms with Gasteiger partial charge in [-0.15, -0.1) is 0 Å². The van der Waals surface area contributed by atoms with Gasteiger partial charge in [0.1, 0.15) is 5.75 Å². The summed E-state index contributed by atoms with van der Waals surface area (Å²) in [5.74, 6) is -2.67. The number of amides is 1. The Morgan fingerprint density at radius 1 is 1.27 bits per heavy atom. The van der Waals surface area contributed by atoms with Crippen LogP contribution in [-0.4, -0.2) is 40.0 Å². The van der Waals surface area contributed by atoms with Gasteiger partial charge in [0.25, 0.3) is 0 Å². The van der Waals surface area contributed by atoms with Gasteiger partial charge in [0, 0.05) is 0 Å². The Bertz CT molecular complexity index is 583. The molecule has 1 aromatic carbocycles. The second-order valence-corrected chi connectivity index (χ2v) is 6.93. The molecule has 9 heteroatoms. The molecule has 2 unspecified atom stereocenters. The minimum atomic E-state index is -1.60. The van der Waals surface area contributed by atoms with Crippen LogP contribution in [0.2, 0.25) is 0 Å². The van der Waals surface area contributed by atoms with Gasteiger partial charge in [0.15, 0.2) is 11.8 Å². The van der Waals surface area contributed by atoms with Crippen LogP contribution >= 0.6 is 45.2 Å². The summed E-state index contributed by atoms with van der Waals surface area (Å²) in [6.45, 7) is 1.08. The van der Waals surface area contributed by atoms with Gasteiger partial charge in [-0.3, -0.25) is 9.59 Å². The quantitative estimate of drug-likeness (QED) is 0.315. The van der Waals surface area contributed by atoms with E-state index in [0.717, 1.165) is 12.5 Å². The molecule has 7 nitrogen and oxygen atoms in total. The molecule has 0 aromatic heterocycles. The number of nitrogens with one attached hydrogen (secondary N) is 1. The second-order valence-electron chi connectivity index (χ2n) is 4.61. The van der Waals surface area contributed by atoms with Crippen molar-refractivity contribution in [2.24, 2.45) is 5.73 Å². The number of ketones is 1. The van der Waals surface area contributed by atoms with Crippen LogP contribution in [0.4, 0.5) is 0 Å². The van der Waals surface area contributed by atoms with Gasteiger partial charge in [0.2, 0.25) is 5.91 Å². The number of carboxylic acid groups (broad SMARTS) is 1. The van der Waals surface area contributed by atoms with Gasteiger partial charge in [0.05, 0.1) is 13.2 Å². The molecule has 1 amide bonds. The van der Waals surface area contributed by atoms with Crippen LogP contribution < -0.4 is 11.1 Å². The lowest BCUT2D eigenvalue weighted by Crippen LogP contribution is -2.51. The predicted octanol–water partition coefficient (Wildman–Crippen LogP) is 0.630. The molecule has 1 rings (SSSR count). The molecule has 0 bridgehead atoms. The van der Waals surface area contributed by atoms with Crippen LogP contribution in [0, 0.1) is 7.14 Å². The molecule has 120 valence electrons. The number of Topliss-reactive ketones (excluding diaryl/α,β-unsaturated/α-hetero) is 1. The maximum Gasteiger partial charge on any atom is 0.334 e. The number of aliphatic carboxylic acids is 1. The van der Waals surface area contributed by atoms with Crippen LogP contribution in [-0.2, 0) is 20.8 Å². The first-order chi connectivity index (χ1) is 10.1. The first-order valence-electron chi connectivity index (χ1n) is 6.09. The van der Waals surface area contributed by atoms with E-state index in [9.17, 15) is 19.5 Å². The van der Waals surface area contributed by atoms with Crippen molar-refractivity contribution >= 4 is 62.8 Å². The molecule has 2 atom stereocenters. The zero-order valence-corrected chi connectivity index (χ0v) is 15.8. The van der Waals surface area contributed by atoms with Crippen molar-refractivity contribution in [3.8, 4) is 5.75 Å². The molecule has 0 radical (unpaired) electrons. The number of halogens is 2. The summed E-state index contributed by atoms with van der Waals surface area (Å²) in [6.07, 6.45) is 0.155. The molecule has 0 saturated carbocycles. The van der Waals surface area contributed by atoms with Crippen LogP contribution in [0.15, 0.2) is 12.1 Å². The van der Waals surface area contributed by atoms with Gasteiger partial charge < -0.3 is 21.3 Å². The Kier molecular flexibility index (Phi) is 6.99. The van der Waals surface area contributed by atoms with Crippen molar-refractivity contribution in [3.63, 3.8) is 0 Å². The average molecular weight is 532 g/mol. The van der Waals surface area contributed by atoms with E-state index in [-0.39, 0.29) is 12.2 Å². The van der Waals surface area contributed by atoms with E-state index in [4.69, 9.17) is 10.8 Å². The molecule has 1 aromatic rings. The Morgan fingerprint density at radius 3 is 2.18 bits per heavy atom. The van der Waals surface area contributed by atoms with Gasteiger partial charge in [-0.05, 0) is 76.2 Å². The highest BCUT2D eigenvalue weighted by atomic mass is 127. The number of hydrogen-bond acceptors (Lipinski definition) is 5. The number of phenols is 1. The molecule has 0 spiro atoms. The number of hydrogen-bond donors (Lipinski definition) is 4. The summed E-state index contributed by atoms with van der Waals surface area (Å²) in [7, 11) is 0. The summed E-state index contributed by atoms with van der Waals surface area (Å²) in [4.78, 5) is 33.9. The number of nitrogens with two attached hydrogens (primary N) is 1. The Morgan fingerprint density at radius 2 is 1.77 bits per heavy atom. The molecule has 0 heterocycles. The SMILES string of the molecule is CC(=O)C(NC(=O)C(N)Cc1cc(I)c(O)c(I)c1)C(=O)O. The molecule has 0 fully saturated rings. The van der Waals surface area contributed by atoms with Crippen LogP contribution in [0.5, 0.6) is 5.75 Å². The standard InChI is InChI=1S/C13H14I2N2O5/c1-5(18)10(13(21)22)17-12(20)9(16)4-6-2-7(14)11(19)8(15)3-6/h2-3,9-10,19H,4,16H2,1H3,(H,17,20)(H,21,22). The van der Waals surface area contributed by atoms with E-state index in [2.05, 4.69) is 5.32 Å². The topological polar surface area (TPSA) is 130 Å². The number of aromatic hydroxyl groups is 1. The van der Waals surface area contributed by atoms with E-state index in [1.807, 2.05) is 45.2 Å². The van der Waals surface area contributed by atoms with Crippen molar-refractivity contribution in [2.45, 2.75) is 25.4 Å². The minimum absolute atomic E-state index is 0.155. The Hall–Kier alpha value is -0.950. The lowest BCUT2D eigenvalue weighted by atomic mass is 10.1. The highest BCUT2D eigenvalue weighted by Gasteiger charge is 2.27. The van der Waals surface area contributed by atoms with Gasteiger partial charge in [-0.1, -0.05) is 0 Å². The zero-order valence-electron chi connectivity index (χ0n) is 11.5. The maximum atomic E-state index is 11.9. The Labute approximate surface area is 153 Å². The fraction of sp³-hybridized carbons (Fsp3) is 0.308. The summed E-state index contributed by atoms with van der Waals surface area (Å²) in [5, 5.41) is 20.7. The van der Waals surface area contributed by atoms with Crippen LogP contribution in [0.3, 0.4) is 0 Å². The van der Waals surface area contributed by atoms with Gasteiger partial charge in [-0.25, -0.2) is 4.79 Å². The third-order valence-corrected chi connectivity index (χ3v) is 4.45. The molecule has 0 aliphatic carbocycles. The van der Waals surface area contributed by atoms with E-state index in [1.165, 1.54) is 0 Å². The number of carboxylic acids is 1. The summed E-state index contributed by atoms with van der Waals surface area (Å²) in [6, 6.07) is 0.770. The summed E-state index contributed by atoms with van der Waals surface area (Å²) < 4.78 is 1.25.